The number of aliphatic imine (C=N–C) groups is 1. The zero-order valence-electron chi connectivity index (χ0n) is 12.7. The fourth-order valence-electron chi connectivity index (χ4n) is 2.21. The number of hydrogen-bond donors (Lipinski definition) is 1. The topological polar surface area (TPSA) is 58.5 Å². The Bertz CT molecular complexity index is 618. The lowest BCUT2D eigenvalue weighted by Gasteiger charge is -2.33. The van der Waals surface area contributed by atoms with Gasteiger partial charge in [-0.15, -0.1) is 0 Å². The highest BCUT2D eigenvalue weighted by atomic mass is 32.2. The summed E-state index contributed by atoms with van der Waals surface area (Å²) in [5.74, 6) is 1.08. The molecule has 0 spiro atoms. The molecule has 0 aromatic heterocycles. The van der Waals surface area contributed by atoms with Gasteiger partial charge >= 0.3 is 0 Å². The smallest absolute Gasteiger partial charge is 0.175 e. The predicted molar refractivity (Wildman–Crippen MR) is 90.9 cm³/mol. The maximum Gasteiger partial charge on any atom is 0.175 e. The van der Waals surface area contributed by atoms with E-state index in [9.17, 15) is 8.42 Å². The molecule has 0 bridgehead atoms. The van der Waals surface area contributed by atoms with E-state index in [-0.39, 0.29) is 0 Å². The summed E-state index contributed by atoms with van der Waals surface area (Å²) in [4.78, 5) is 4.98. The number of sulfone groups is 1. The predicted octanol–water partition coefficient (Wildman–Crippen LogP) is 3.41. The first-order chi connectivity index (χ1) is 9.88. The maximum absolute atomic E-state index is 11.4. The third kappa shape index (κ3) is 4.01. The van der Waals surface area contributed by atoms with Crippen molar-refractivity contribution in [3.63, 3.8) is 0 Å². The summed E-state index contributed by atoms with van der Waals surface area (Å²) in [6, 6.07) is 6.80. The molecule has 0 fully saturated rings. The van der Waals surface area contributed by atoms with Crippen molar-refractivity contribution in [2.45, 2.75) is 31.6 Å². The fraction of sp³-hybridized carbons (Fsp3) is 0.533. The van der Waals surface area contributed by atoms with E-state index in [1.54, 1.807) is 36.0 Å². The van der Waals surface area contributed by atoms with Crippen molar-refractivity contribution < 1.29 is 8.42 Å². The van der Waals surface area contributed by atoms with E-state index in [1.165, 1.54) is 6.26 Å². The lowest BCUT2D eigenvalue weighted by Crippen LogP contribution is -2.32. The molecule has 0 radical (unpaired) electrons. The Hall–Kier alpha value is -1.01. The molecule has 1 aromatic rings. The van der Waals surface area contributed by atoms with Crippen molar-refractivity contribution in [2.24, 2.45) is 10.4 Å². The number of amidine groups is 1. The summed E-state index contributed by atoms with van der Waals surface area (Å²) < 4.78 is 22.8. The standard InChI is InChI=1S/C15H22N2O2S2/c1-4-15(5-2)10-16-14(20-11-15)17-12-6-8-13(9-7-12)21(3,18)19/h6-9H,4-5,10-11H2,1-3H3,(H,16,17). The number of rotatable bonds is 4. The average Bonchev–Trinajstić information content (AvgIpc) is 2.48. The highest BCUT2D eigenvalue weighted by molar-refractivity contribution is 8.14. The van der Waals surface area contributed by atoms with E-state index in [1.807, 2.05) is 0 Å². The minimum absolute atomic E-state index is 0.329. The molecule has 4 nitrogen and oxygen atoms in total. The van der Waals surface area contributed by atoms with Crippen molar-refractivity contribution in [3.05, 3.63) is 24.3 Å². The van der Waals surface area contributed by atoms with E-state index in [0.29, 0.717) is 10.3 Å². The maximum atomic E-state index is 11.4. The van der Waals surface area contributed by atoms with Gasteiger partial charge in [0.05, 0.1) is 4.90 Å². The van der Waals surface area contributed by atoms with Crippen LogP contribution in [0.3, 0.4) is 0 Å². The lowest BCUT2D eigenvalue weighted by atomic mass is 9.84. The van der Waals surface area contributed by atoms with Gasteiger partial charge in [0.15, 0.2) is 15.0 Å². The minimum atomic E-state index is -3.14. The average molecular weight is 326 g/mol. The Balaban J connectivity index is 2.05. The quantitative estimate of drug-likeness (QED) is 0.921. The first-order valence-corrected chi connectivity index (χ1v) is 10.0. The van der Waals surface area contributed by atoms with Crippen LogP contribution in [-0.2, 0) is 9.84 Å². The summed E-state index contributed by atoms with van der Waals surface area (Å²) in [5, 5.41) is 4.18. The van der Waals surface area contributed by atoms with E-state index in [0.717, 1.165) is 36.0 Å². The van der Waals surface area contributed by atoms with Gasteiger partial charge in [0, 0.05) is 24.2 Å². The summed E-state index contributed by atoms with van der Waals surface area (Å²) in [5.41, 5.74) is 1.20. The largest absolute Gasteiger partial charge is 0.335 e. The van der Waals surface area contributed by atoms with Crippen LogP contribution in [0.15, 0.2) is 34.2 Å². The van der Waals surface area contributed by atoms with Gasteiger partial charge < -0.3 is 5.32 Å². The molecule has 0 saturated heterocycles. The first-order valence-electron chi connectivity index (χ1n) is 7.13. The molecule has 1 aromatic carbocycles. The van der Waals surface area contributed by atoms with Crippen LogP contribution in [0.2, 0.25) is 0 Å². The molecule has 6 heteroatoms. The fourth-order valence-corrected chi connectivity index (χ4v) is 4.13. The highest BCUT2D eigenvalue weighted by Crippen LogP contribution is 2.35. The molecule has 1 aliphatic heterocycles. The van der Waals surface area contributed by atoms with Crippen molar-refractivity contribution in [2.75, 3.05) is 23.9 Å². The second-order valence-electron chi connectivity index (χ2n) is 5.54. The molecule has 0 atom stereocenters. The molecular formula is C15H22N2O2S2. The Morgan fingerprint density at radius 1 is 1.24 bits per heavy atom. The monoisotopic (exact) mass is 326 g/mol. The van der Waals surface area contributed by atoms with Crippen molar-refractivity contribution in [1.82, 2.24) is 0 Å². The molecule has 1 N–H and O–H groups in total. The zero-order valence-corrected chi connectivity index (χ0v) is 14.4. The van der Waals surface area contributed by atoms with Crippen LogP contribution in [-0.4, -0.2) is 32.1 Å². The first kappa shape index (κ1) is 16.4. The molecule has 2 rings (SSSR count). The van der Waals surface area contributed by atoms with Crippen LogP contribution >= 0.6 is 11.8 Å². The van der Waals surface area contributed by atoms with Crippen LogP contribution < -0.4 is 5.32 Å². The number of nitrogens with one attached hydrogen (secondary N) is 1. The lowest BCUT2D eigenvalue weighted by molar-refractivity contribution is 0.318. The Morgan fingerprint density at radius 2 is 1.86 bits per heavy atom. The zero-order chi connectivity index (χ0) is 15.5. The Kier molecular flexibility index (Phi) is 4.99. The van der Waals surface area contributed by atoms with Gasteiger partial charge in [-0.05, 0) is 42.5 Å². The van der Waals surface area contributed by atoms with E-state index >= 15 is 0 Å². The Morgan fingerprint density at radius 3 is 2.29 bits per heavy atom. The van der Waals surface area contributed by atoms with E-state index in [4.69, 9.17) is 0 Å². The summed E-state index contributed by atoms with van der Waals surface area (Å²) in [6.45, 7) is 5.31. The molecule has 0 saturated carbocycles. The van der Waals surface area contributed by atoms with Crippen LogP contribution in [0.25, 0.3) is 0 Å². The van der Waals surface area contributed by atoms with Gasteiger partial charge in [-0.25, -0.2) is 8.42 Å². The molecule has 116 valence electrons. The molecule has 0 aliphatic carbocycles. The van der Waals surface area contributed by atoms with Gasteiger partial charge in [-0.3, -0.25) is 4.99 Å². The second kappa shape index (κ2) is 6.40. The van der Waals surface area contributed by atoms with Crippen LogP contribution in [0.1, 0.15) is 26.7 Å². The van der Waals surface area contributed by atoms with Gasteiger partial charge in [0.25, 0.3) is 0 Å². The van der Waals surface area contributed by atoms with Crippen LogP contribution in [0.5, 0.6) is 0 Å². The number of hydrogen-bond acceptors (Lipinski definition) is 5. The molecular weight excluding hydrogens is 304 g/mol. The summed E-state index contributed by atoms with van der Waals surface area (Å²) in [6.07, 6.45) is 3.51. The molecule has 1 aliphatic rings. The molecule has 21 heavy (non-hydrogen) atoms. The van der Waals surface area contributed by atoms with Crippen LogP contribution in [0, 0.1) is 5.41 Å². The summed E-state index contributed by atoms with van der Waals surface area (Å²) >= 11 is 1.74. The van der Waals surface area contributed by atoms with Gasteiger partial charge in [-0.1, -0.05) is 25.6 Å². The van der Waals surface area contributed by atoms with Gasteiger partial charge in [0.2, 0.25) is 0 Å². The second-order valence-corrected chi connectivity index (χ2v) is 8.52. The SMILES string of the molecule is CCC1(CC)CN=C(Nc2ccc(S(C)(=O)=O)cc2)SC1. The Labute approximate surface area is 131 Å². The number of thioether (sulfide) groups is 1. The molecule has 1 heterocycles. The number of benzene rings is 1. The third-order valence-electron chi connectivity index (χ3n) is 4.11. The van der Waals surface area contributed by atoms with E-state index in [2.05, 4.69) is 24.2 Å². The van der Waals surface area contributed by atoms with Crippen molar-refractivity contribution >= 4 is 32.5 Å². The van der Waals surface area contributed by atoms with Gasteiger partial charge in [-0.2, -0.15) is 0 Å². The number of nitrogens with zero attached hydrogens (tertiary/aromatic N) is 1. The number of anilines is 1. The van der Waals surface area contributed by atoms with Crippen molar-refractivity contribution in [3.8, 4) is 0 Å². The molecule has 0 unspecified atom stereocenters. The normalized spacial score (nSPS) is 18.1. The van der Waals surface area contributed by atoms with Crippen molar-refractivity contribution in [1.29, 1.82) is 0 Å². The highest BCUT2D eigenvalue weighted by Gasteiger charge is 2.30. The molecule has 0 amide bonds. The third-order valence-corrected chi connectivity index (χ3v) is 6.50. The van der Waals surface area contributed by atoms with E-state index < -0.39 is 9.84 Å². The van der Waals surface area contributed by atoms with Gasteiger partial charge in [0.1, 0.15) is 0 Å². The summed E-state index contributed by atoms with van der Waals surface area (Å²) in [7, 11) is -3.14. The minimum Gasteiger partial charge on any atom is -0.335 e. The van der Waals surface area contributed by atoms with Crippen LogP contribution in [0.4, 0.5) is 5.69 Å².